The van der Waals surface area contributed by atoms with Gasteiger partial charge in [-0.3, -0.25) is 0 Å². The first-order chi connectivity index (χ1) is 10.4. The van der Waals surface area contributed by atoms with Gasteiger partial charge in [-0.25, -0.2) is 4.39 Å². The molecular weight excluding hydrogens is 296 g/mol. The van der Waals surface area contributed by atoms with Gasteiger partial charge in [0, 0.05) is 19.6 Å². The maximum atomic E-state index is 13.2. The molecule has 6 heteroatoms. The standard InChI is InChI=1S/C16H20F4N2/c1-2-22-8-12-11(13(12)9-22)7-21-6-10-3-4-15(17)14(5-10)16(18,19)20/h3-5,11-13,21H,2,6-9H2,1H3. The Balaban J connectivity index is 1.49. The SMILES string of the molecule is CCN1CC2C(CNCc3ccc(F)c(C(F)(F)F)c3)C2C1. The van der Waals surface area contributed by atoms with Gasteiger partial charge in [-0.05, 0) is 48.5 Å². The number of nitrogens with one attached hydrogen (secondary N) is 1. The minimum absolute atomic E-state index is 0.344. The molecule has 0 amide bonds. The van der Waals surface area contributed by atoms with Crippen LogP contribution >= 0.6 is 0 Å². The molecule has 2 nitrogen and oxygen atoms in total. The Morgan fingerprint density at radius 2 is 1.91 bits per heavy atom. The summed E-state index contributed by atoms with van der Waals surface area (Å²) in [4.78, 5) is 2.43. The highest BCUT2D eigenvalue weighted by Crippen LogP contribution is 2.51. The largest absolute Gasteiger partial charge is 0.419 e. The molecule has 1 aliphatic heterocycles. The Bertz CT molecular complexity index is 531. The summed E-state index contributed by atoms with van der Waals surface area (Å²) in [5.41, 5.74) is -0.719. The molecule has 1 saturated heterocycles. The molecule has 1 aliphatic carbocycles. The van der Waals surface area contributed by atoms with Crippen molar-refractivity contribution in [1.82, 2.24) is 10.2 Å². The van der Waals surface area contributed by atoms with Gasteiger partial charge < -0.3 is 10.2 Å². The Morgan fingerprint density at radius 3 is 2.50 bits per heavy atom. The van der Waals surface area contributed by atoms with Gasteiger partial charge >= 0.3 is 6.18 Å². The number of alkyl halides is 3. The van der Waals surface area contributed by atoms with E-state index in [-0.39, 0.29) is 0 Å². The summed E-state index contributed by atoms with van der Waals surface area (Å²) in [6.45, 7) is 6.70. The fourth-order valence-electron chi connectivity index (χ4n) is 3.58. The number of nitrogens with zero attached hydrogens (tertiary/aromatic N) is 1. The van der Waals surface area contributed by atoms with Gasteiger partial charge in [0.15, 0.2) is 0 Å². The summed E-state index contributed by atoms with van der Waals surface area (Å²) in [5.74, 6) is 0.913. The van der Waals surface area contributed by atoms with Crippen LogP contribution in [0.3, 0.4) is 0 Å². The fraction of sp³-hybridized carbons (Fsp3) is 0.625. The lowest BCUT2D eigenvalue weighted by Crippen LogP contribution is -2.27. The molecule has 0 radical (unpaired) electrons. The molecule has 1 saturated carbocycles. The van der Waals surface area contributed by atoms with Crippen LogP contribution in [0.25, 0.3) is 0 Å². The van der Waals surface area contributed by atoms with E-state index in [0.29, 0.717) is 18.0 Å². The molecule has 0 bridgehead atoms. The number of hydrogen-bond acceptors (Lipinski definition) is 2. The van der Waals surface area contributed by atoms with E-state index in [1.807, 2.05) is 0 Å². The topological polar surface area (TPSA) is 15.3 Å². The van der Waals surface area contributed by atoms with Crippen LogP contribution in [0, 0.1) is 23.6 Å². The third-order valence-corrected chi connectivity index (χ3v) is 4.94. The third kappa shape index (κ3) is 3.13. The number of likely N-dealkylation sites (tertiary alicyclic amines) is 1. The first kappa shape index (κ1) is 15.7. The number of piperidine rings is 1. The predicted molar refractivity (Wildman–Crippen MR) is 75.7 cm³/mol. The Kier molecular flexibility index (Phi) is 4.16. The van der Waals surface area contributed by atoms with Crippen LogP contribution < -0.4 is 5.32 Å². The van der Waals surface area contributed by atoms with E-state index in [2.05, 4.69) is 17.1 Å². The molecular formula is C16H20F4N2. The van der Waals surface area contributed by atoms with Crippen LogP contribution in [0.4, 0.5) is 17.6 Å². The highest BCUT2D eigenvalue weighted by molar-refractivity contribution is 5.27. The van der Waals surface area contributed by atoms with Crippen molar-refractivity contribution < 1.29 is 17.6 Å². The van der Waals surface area contributed by atoms with Crippen LogP contribution in [-0.4, -0.2) is 31.1 Å². The number of hydrogen-bond donors (Lipinski definition) is 1. The summed E-state index contributed by atoms with van der Waals surface area (Å²) in [6, 6.07) is 3.20. The first-order valence-corrected chi connectivity index (χ1v) is 7.69. The predicted octanol–water partition coefficient (Wildman–Crippen LogP) is 3.13. The summed E-state index contributed by atoms with van der Waals surface area (Å²) >= 11 is 0. The zero-order valence-electron chi connectivity index (χ0n) is 12.5. The molecule has 22 heavy (non-hydrogen) atoms. The van der Waals surface area contributed by atoms with E-state index in [0.717, 1.165) is 50.1 Å². The molecule has 0 spiro atoms. The molecule has 1 aromatic rings. The van der Waals surface area contributed by atoms with Gasteiger partial charge in [-0.1, -0.05) is 13.0 Å². The van der Waals surface area contributed by atoms with Gasteiger partial charge in [0.05, 0.1) is 5.56 Å². The quantitative estimate of drug-likeness (QED) is 0.840. The Labute approximate surface area is 127 Å². The lowest BCUT2D eigenvalue weighted by molar-refractivity contribution is -0.140. The lowest BCUT2D eigenvalue weighted by Gasteiger charge is -2.17. The molecule has 1 aromatic carbocycles. The highest BCUT2D eigenvalue weighted by atomic mass is 19.4. The Hall–Kier alpha value is -1.14. The van der Waals surface area contributed by atoms with Crippen molar-refractivity contribution in [3.05, 3.63) is 35.1 Å². The summed E-state index contributed by atoms with van der Waals surface area (Å²) < 4.78 is 51.2. The van der Waals surface area contributed by atoms with Crippen LogP contribution in [-0.2, 0) is 12.7 Å². The minimum atomic E-state index is -4.64. The van der Waals surface area contributed by atoms with Gasteiger partial charge in [0.2, 0.25) is 0 Å². The zero-order chi connectivity index (χ0) is 15.9. The molecule has 2 aliphatic rings. The smallest absolute Gasteiger partial charge is 0.312 e. The molecule has 3 rings (SSSR count). The van der Waals surface area contributed by atoms with Crippen molar-refractivity contribution in [2.45, 2.75) is 19.6 Å². The normalized spacial score (nSPS) is 28.0. The van der Waals surface area contributed by atoms with Gasteiger partial charge in [0.1, 0.15) is 5.82 Å². The van der Waals surface area contributed by atoms with Gasteiger partial charge in [-0.15, -0.1) is 0 Å². The van der Waals surface area contributed by atoms with Crippen molar-refractivity contribution in [2.24, 2.45) is 17.8 Å². The number of benzene rings is 1. The third-order valence-electron chi connectivity index (χ3n) is 4.94. The molecule has 1 heterocycles. The van der Waals surface area contributed by atoms with Gasteiger partial charge in [-0.2, -0.15) is 13.2 Å². The van der Waals surface area contributed by atoms with Crippen LogP contribution in [0.2, 0.25) is 0 Å². The number of fused-ring (bicyclic) bond motifs is 1. The average molecular weight is 316 g/mol. The molecule has 1 N–H and O–H groups in total. The van der Waals surface area contributed by atoms with E-state index in [4.69, 9.17) is 0 Å². The number of rotatable bonds is 5. The fourth-order valence-corrected chi connectivity index (χ4v) is 3.58. The van der Waals surface area contributed by atoms with Crippen LogP contribution in [0.5, 0.6) is 0 Å². The Morgan fingerprint density at radius 1 is 1.23 bits per heavy atom. The first-order valence-electron chi connectivity index (χ1n) is 7.69. The molecule has 0 aromatic heterocycles. The second-order valence-electron chi connectivity index (χ2n) is 6.29. The van der Waals surface area contributed by atoms with Crippen LogP contribution in [0.1, 0.15) is 18.1 Å². The van der Waals surface area contributed by atoms with Crippen molar-refractivity contribution >= 4 is 0 Å². The highest BCUT2D eigenvalue weighted by Gasteiger charge is 2.54. The molecule has 2 unspecified atom stereocenters. The van der Waals surface area contributed by atoms with Crippen LogP contribution in [0.15, 0.2) is 18.2 Å². The van der Waals surface area contributed by atoms with Crippen molar-refractivity contribution in [2.75, 3.05) is 26.2 Å². The molecule has 122 valence electrons. The summed E-state index contributed by atoms with van der Waals surface area (Å²) in [5, 5.41) is 3.21. The lowest BCUT2D eigenvalue weighted by atomic mass is 10.1. The second-order valence-corrected chi connectivity index (χ2v) is 6.29. The average Bonchev–Trinajstić information content (AvgIpc) is 2.92. The number of halogens is 4. The zero-order valence-corrected chi connectivity index (χ0v) is 12.5. The van der Waals surface area contributed by atoms with E-state index in [9.17, 15) is 17.6 Å². The maximum Gasteiger partial charge on any atom is 0.419 e. The van der Waals surface area contributed by atoms with Crippen molar-refractivity contribution in [3.8, 4) is 0 Å². The van der Waals surface area contributed by atoms with E-state index in [1.165, 1.54) is 6.07 Å². The summed E-state index contributed by atoms with van der Waals surface area (Å²) in [7, 11) is 0. The van der Waals surface area contributed by atoms with Crippen molar-refractivity contribution in [3.63, 3.8) is 0 Å². The monoisotopic (exact) mass is 316 g/mol. The molecule has 2 fully saturated rings. The van der Waals surface area contributed by atoms with Gasteiger partial charge in [0.25, 0.3) is 0 Å². The van der Waals surface area contributed by atoms with Crippen molar-refractivity contribution in [1.29, 1.82) is 0 Å². The van der Waals surface area contributed by atoms with E-state index < -0.39 is 17.6 Å². The van der Waals surface area contributed by atoms with E-state index in [1.54, 1.807) is 0 Å². The molecule has 2 atom stereocenters. The second kappa shape index (κ2) is 5.81. The van der Waals surface area contributed by atoms with E-state index >= 15 is 0 Å². The minimum Gasteiger partial charge on any atom is -0.312 e. The maximum absolute atomic E-state index is 13.2. The summed E-state index contributed by atoms with van der Waals surface area (Å²) in [6.07, 6.45) is -4.64.